The second-order valence-corrected chi connectivity index (χ2v) is 4.48. The van der Waals surface area contributed by atoms with E-state index in [0.29, 0.717) is 0 Å². The van der Waals surface area contributed by atoms with Gasteiger partial charge in [0.1, 0.15) is 0 Å². The lowest BCUT2D eigenvalue weighted by atomic mass is 9.76. The zero-order valence-corrected chi connectivity index (χ0v) is 9.50. The van der Waals surface area contributed by atoms with Crippen molar-refractivity contribution in [3.05, 3.63) is 39.9 Å². The van der Waals surface area contributed by atoms with Gasteiger partial charge in [-0.15, -0.1) is 0 Å². The number of hydrogen-bond acceptors (Lipinski definition) is 3. The summed E-state index contributed by atoms with van der Waals surface area (Å²) in [5.74, 6) is 0.166. The monoisotopic (exact) mass is 230 g/mol. The minimum atomic E-state index is -0.381. The third kappa shape index (κ3) is 2.44. The number of hydrogen-bond donors (Lipinski definition) is 0. The minimum absolute atomic E-state index is 0.00533. The van der Waals surface area contributed by atoms with Gasteiger partial charge in [0.05, 0.1) is 16.9 Å². The van der Waals surface area contributed by atoms with E-state index < -0.39 is 0 Å². The van der Waals surface area contributed by atoms with Gasteiger partial charge < -0.3 is 0 Å². The summed E-state index contributed by atoms with van der Waals surface area (Å²) in [5.41, 5.74) is 1.05. The Morgan fingerprint density at radius 3 is 2.82 bits per heavy atom. The van der Waals surface area contributed by atoms with E-state index in [0.717, 1.165) is 31.2 Å². The number of non-ortho nitro benzene ring substituents is 1. The normalized spacial score (nSPS) is 23.9. The first-order chi connectivity index (χ1) is 8.22. The molecular weight excluding hydrogens is 216 g/mol. The van der Waals surface area contributed by atoms with Gasteiger partial charge in [-0.25, -0.2) is 0 Å². The van der Waals surface area contributed by atoms with Gasteiger partial charge in [-0.3, -0.25) is 10.1 Å². The summed E-state index contributed by atoms with van der Waals surface area (Å²) in [6, 6.07) is 9.04. The van der Waals surface area contributed by atoms with E-state index >= 15 is 0 Å². The van der Waals surface area contributed by atoms with E-state index in [-0.39, 0.29) is 22.4 Å². The van der Waals surface area contributed by atoms with Crippen LogP contribution in [-0.2, 0) is 0 Å². The summed E-state index contributed by atoms with van der Waals surface area (Å²) in [7, 11) is 0. The lowest BCUT2D eigenvalue weighted by Gasteiger charge is -2.26. The van der Waals surface area contributed by atoms with Crippen LogP contribution in [-0.4, -0.2) is 4.92 Å². The van der Waals surface area contributed by atoms with Crippen LogP contribution in [0.2, 0.25) is 0 Å². The molecule has 1 aliphatic rings. The van der Waals surface area contributed by atoms with Crippen molar-refractivity contribution in [3.63, 3.8) is 0 Å². The number of nitro groups is 1. The molecule has 0 aliphatic heterocycles. The maximum absolute atomic E-state index is 10.7. The van der Waals surface area contributed by atoms with Crippen LogP contribution < -0.4 is 0 Å². The maximum Gasteiger partial charge on any atom is 0.269 e. The molecule has 1 fully saturated rings. The molecule has 1 aromatic rings. The van der Waals surface area contributed by atoms with Crippen LogP contribution in [0.1, 0.15) is 37.2 Å². The van der Waals surface area contributed by atoms with E-state index in [4.69, 9.17) is 5.26 Å². The molecule has 4 nitrogen and oxygen atoms in total. The summed E-state index contributed by atoms with van der Waals surface area (Å²) in [6.07, 6.45) is 4.05. The smallest absolute Gasteiger partial charge is 0.258 e. The fourth-order valence-electron chi connectivity index (χ4n) is 2.55. The fraction of sp³-hybridized carbons (Fsp3) is 0.462. The van der Waals surface area contributed by atoms with Crippen molar-refractivity contribution in [2.75, 3.05) is 0 Å². The molecule has 0 N–H and O–H groups in total. The number of nitrogens with zero attached hydrogens (tertiary/aromatic N) is 2. The first-order valence-electron chi connectivity index (χ1n) is 5.86. The molecule has 4 heteroatoms. The van der Waals surface area contributed by atoms with E-state index in [1.54, 1.807) is 12.1 Å². The number of benzene rings is 1. The average Bonchev–Trinajstić information content (AvgIpc) is 2.39. The first-order valence-corrected chi connectivity index (χ1v) is 5.86. The summed E-state index contributed by atoms with van der Waals surface area (Å²) < 4.78 is 0. The highest BCUT2D eigenvalue weighted by molar-refractivity contribution is 5.37. The predicted octanol–water partition coefficient (Wildman–Crippen LogP) is 3.39. The quantitative estimate of drug-likeness (QED) is 0.577. The Labute approximate surface area is 100 Å². The zero-order chi connectivity index (χ0) is 12.3. The van der Waals surface area contributed by atoms with Gasteiger partial charge in [0.25, 0.3) is 5.69 Å². The molecular formula is C13H14N2O2. The third-order valence-corrected chi connectivity index (χ3v) is 3.44. The Hall–Kier alpha value is -1.89. The molecule has 1 aromatic carbocycles. The molecule has 17 heavy (non-hydrogen) atoms. The molecule has 0 aromatic heterocycles. The van der Waals surface area contributed by atoms with Crippen molar-refractivity contribution in [1.82, 2.24) is 0 Å². The first kappa shape index (κ1) is 11.6. The van der Waals surface area contributed by atoms with Gasteiger partial charge in [-0.1, -0.05) is 25.0 Å². The number of nitriles is 1. The molecule has 1 saturated carbocycles. The molecule has 1 aliphatic carbocycles. The van der Waals surface area contributed by atoms with E-state index in [1.807, 2.05) is 6.07 Å². The van der Waals surface area contributed by atoms with Crippen molar-refractivity contribution in [1.29, 1.82) is 5.26 Å². The van der Waals surface area contributed by atoms with Gasteiger partial charge >= 0.3 is 0 Å². The fourth-order valence-corrected chi connectivity index (χ4v) is 2.55. The molecule has 2 unspecified atom stereocenters. The van der Waals surface area contributed by atoms with E-state index in [1.165, 1.54) is 6.07 Å². The van der Waals surface area contributed by atoms with Crippen molar-refractivity contribution in [3.8, 4) is 6.07 Å². The molecule has 2 atom stereocenters. The van der Waals surface area contributed by atoms with E-state index in [9.17, 15) is 10.1 Å². The molecule has 0 heterocycles. The van der Waals surface area contributed by atoms with Crippen LogP contribution >= 0.6 is 0 Å². The highest BCUT2D eigenvalue weighted by atomic mass is 16.6. The molecule has 0 saturated heterocycles. The Balaban J connectivity index is 2.29. The molecule has 2 rings (SSSR count). The van der Waals surface area contributed by atoms with Gasteiger partial charge in [0.15, 0.2) is 0 Å². The van der Waals surface area contributed by atoms with Gasteiger partial charge in [0.2, 0.25) is 0 Å². The Morgan fingerprint density at radius 2 is 2.12 bits per heavy atom. The van der Waals surface area contributed by atoms with Crippen molar-refractivity contribution in [2.45, 2.75) is 31.6 Å². The SMILES string of the molecule is N#CC1CCCCC1c1cccc([N+](=O)[O-])c1. The van der Waals surface area contributed by atoms with Crippen LogP contribution in [0.3, 0.4) is 0 Å². The van der Waals surface area contributed by atoms with Crippen LogP contribution in [0.4, 0.5) is 5.69 Å². The summed E-state index contributed by atoms with van der Waals surface area (Å²) in [4.78, 5) is 10.3. The van der Waals surface area contributed by atoms with Crippen molar-refractivity contribution >= 4 is 5.69 Å². The van der Waals surface area contributed by atoms with Crippen LogP contribution in [0.15, 0.2) is 24.3 Å². The number of nitro benzene ring substituents is 1. The van der Waals surface area contributed by atoms with Gasteiger partial charge in [0, 0.05) is 12.1 Å². The highest BCUT2D eigenvalue weighted by Crippen LogP contribution is 2.38. The molecule has 0 amide bonds. The maximum atomic E-state index is 10.7. The Morgan fingerprint density at radius 1 is 1.35 bits per heavy atom. The van der Waals surface area contributed by atoms with Crippen LogP contribution in [0, 0.1) is 27.4 Å². The standard InChI is InChI=1S/C13H14N2O2/c14-9-11-4-1-2-7-13(11)10-5-3-6-12(8-10)15(16)17/h3,5-6,8,11,13H,1-2,4,7H2. The molecule has 0 spiro atoms. The summed E-state index contributed by atoms with van der Waals surface area (Å²) in [6.45, 7) is 0. The molecule has 0 radical (unpaired) electrons. The topological polar surface area (TPSA) is 66.9 Å². The van der Waals surface area contributed by atoms with Gasteiger partial charge in [-0.05, 0) is 24.3 Å². The predicted molar refractivity (Wildman–Crippen MR) is 63.4 cm³/mol. The molecule has 0 bridgehead atoms. The lowest BCUT2D eigenvalue weighted by molar-refractivity contribution is -0.384. The van der Waals surface area contributed by atoms with Crippen LogP contribution in [0.25, 0.3) is 0 Å². The average molecular weight is 230 g/mol. The number of rotatable bonds is 2. The van der Waals surface area contributed by atoms with Gasteiger partial charge in [-0.2, -0.15) is 5.26 Å². The Bertz CT molecular complexity index is 465. The summed E-state index contributed by atoms with van der Waals surface area (Å²) in [5, 5.41) is 19.8. The largest absolute Gasteiger partial charge is 0.269 e. The summed E-state index contributed by atoms with van der Waals surface area (Å²) >= 11 is 0. The van der Waals surface area contributed by atoms with Crippen molar-refractivity contribution < 1.29 is 4.92 Å². The van der Waals surface area contributed by atoms with E-state index in [2.05, 4.69) is 6.07 Å². The molecule has 88 valence electrons. The minimum Gasteiger partial charge on any atom is -0.258 e. The second-order valence-electron chi connectivity index (χ2n) is 4.48. The zero-order valence-electron chi connectivity index (χ0n) is 9.50. The second kappa shape index (κ2) is 4.96. The Kier molecular flexibility index (Phi) is 3.38. The highest BCUT2D eigenvalue weighted by Gasteiger charge is 2.27. The van der Waals surface area contributed by atoms with Crippen LogP contribution in [0.5, 0.6) is 0 Å². The van der Waals surface area contributed by atoms with Crippen molar-refractivity contribution in [2.24, 2.45) is 5.92 Å². The lowest BCUT2D eigenvalue weighted by Crippen LogP contribution is -2.16. The third-order valence-electron chi connectivity index (χ3n) is 3.44.